The van der Waals surface area contributed by atoms with Crippen LogP contribution in [0.3, 0.4) is 0 Å². The van der Waals surface area contributed by atoms with Gasteiger partial charge in [0.15, 0.2) is 0 Å². The maximum Gasteiger partial charge on any atom is 0.247 e. The van der Waals surface area contributed by atoms with Crippen molar-refractivity contribution in [3.8, 4) is 0 Å². The van der Waals surface area contributed by atoms with E-state index in [1.54, 1.807) is 12.1 Å². The van der Waals surface area contributed by atoms with Crippen molar-refractivity contribution in [2.45, 2.75) is 25.9 Å². The Morgan fingerprint density at radius 1 is 1.20 bits per heavy atom. The second-order valence-corrected chi connectivity index (χ2v) is 6.45. The van der Waals surface area contributed by atoms with Gasteiger partial charge in [-0.15, -0.1) is 0 Å². The molecule has 1 atom stereocenters. The van der Waals surface area contributed by atoms with E-state index in [0.29, 0.717) is 19.5 Å². The summed E-state index contributed by atoms with van der Waals surface area (Å²) < 4.78 is 13.3. The van der Waals surface area contributed by atoms with Gasteiger partial charge in [-0.1, -0.05) is 48.5 Å². The summed E-state index contributed by atoms with van der Waals surface area (Å²) in [6.45, 7) is 4.20. The SMILES string of the molecule is CC(NC(=O)C1=CCN(Cc2cccc(F)c2)CC1)c1ccccc1. The first kappa shape index (κ1) is 17.4. The molecule has 3 rings (SSSR count). The van der Waals surface area contributed by atoms with Crippen LogP contribution in [0.15, 0.2) is 66.2 Å². The van der Waals surface area contributed by atoms with Crippen LogP contribution in [0, 0.1) is 5.82 Å². The minimum absolute atomic E-state index is 0.00163. The van der Waals surface area contributed by atoms with Crippen molar-refractivity contribution in [2.24, 2.45) is 0 Å². The molecular formula is C21H23FN2O. The van der Waals surface area contributed by atoms with Crippen LogP contribution in [0.25, 0.3) is 0 Å². The van der Waals surface area contributed by atoms with E-state index in [0.717, 1.165) is 23.2 Å². The molecule has 0 saturated heterocycles. The van der Waals surface area contributed by atoms with Crippen LogP contribution < -0.4 is 5.32 Å². The van der Waals surface area contributed by atoms with Crippen molar-refractivity contribution in [3.05, 3.63) is 83.2 Å². The average molecular weight is 338 g/mol. The van der Waals surface area contributed by atoms with E-state index in [9.17, 15) is 9.18 Å². The Kier molecular flexibility index (Phi) is 5.61. The number of halogens is 1. The fourth-order valence-electron chi connectivity index (χ4n) is 3.07. The summed E-state index contributed by atoms with van der Waals surface area (Å²) in [4.78, 5) is 14.7. The lowest BCUT2D eigenvalue weighted by atomic mass is 10.0. The zero-order valence-electron chi connectivity index (χ0n) is 14.4. The molecule has 25 heavy (non-hydrogen) atoms. The third kappa shape index (κ3) is 4.77. The highest BCUT2D eigenvalue weighted by atomic mass is 19.1. The molecule has 1 aliphatic heterocycles. The van der Waals surface area contributed by atoms with E-state index < -0.39 is 0 Å². The van der Waals surface area contributed by atoms with Crippen LogP contribution in [0.2, 0.25) is 0 Å². The Bertz CT molecular complexity index is 758. The van der Waals surface area contributed by atoms with Crippen LogP contribution in [0.1, 0.15) is 30.5 Å². The molecule has 3 nitrogen and oxygen atoms in total. The highest BCUT2D eigenvalue weighted by Gasteiger charge is 2.18. The molecule has 2 aromatic carbocycles. The Morgan fingerprint density at radius 2 is 2.00 bits per heavy atom. The molecule has 0 spiro atoms. The van der Waals surface area contributed by atoms with E-state index >= 15 is 0 Å². The van der Waals surface area contributed by atoms with Gasteiger partial charge in [0.1, 0.15) is 5.82 Å². The van der Waals surface area contributed by atoms with Gasteiger partial charge in [-0.2, -0.15) is 0 Å². The fraction of sp³-hybridized carbons (Fsp3) is 0.286. The van der Waals surface area contributed by atoms with Gasteiger partial charge in [-0.25, -0.2) is 4.39 Å². The fourth-order valence-corrected chi connectivity index (χ4v) is 3.07. The first-order valence-electron chi connectivity index (χ1n) is 8.63. The number of benzene rings is 2. The monoisotopic (exact) mass is 338 g/mol. The van der Waals surface area contributed by atoms with Crippen molar-refractivity contribution in [2.75, 3.05) is 13.1 Å². The number of carbonyl (C=O) groups is 1. The Balaban J connectivity index is 1.54. The molecular weight excluding hydrogens is 315 g/mol. The second kappa shape index (κ2) is 8.08. The van der Waals surface area contributed by atoms with Crippen molar-refractivity contribution in [3.63, 3.8) is 0 Å². The summed E-state index contributed by atoms with van der Waals surface area (Å²) in [5.41, 5.74) is 2.89. The van der Waals surface area contributed by atoms with E-state index in [2.05, 4.69) is 10.2 Å². The highest BCUT2D eigenvalue weighted by Crippen LogP contribution is 2.17. The van der Waals surface area contributed by atoms with Crippen LogP contribution in [0.5, 0.6) is 0 Å². The normalized spacial score (nSPS) is 16.2. The van der Waals surface area contributed by atoms with Crippen LogP contribution in [0.4, 0.5) is 4.39 Å². The lowest BCUT2D eigenvalue weighted by molar-refractivity contribution is -0.118. The number of carbonyl (C=O) groups excluding carboxylic acids is 1. The molecule has 1 amide bonds. The molecule has 0 radical (unpaired) electrons. The van der Waals surface area contributed by atoms with Gasteiger partial charge in [0, 0.05) is 25.2 Å². The summed E-state index contributed by atoms with van der Waals surface area (Å²) >= 11 is 0. The van der Waals surface area contributed by atoms with Gasteiger partial charge < -0.3 is 5.32 Å². The summed E-state index contributed by atoms with van der Waals surface area (Å²) in [6.07, 6.45) is 2.69. The molecule has 2 aromatic rings. The summed E-state index contributed by atoms with van der Waals surface area (Å²) in [5.74, 6) is -0.207. The first-order valence-corrected chi connectivity index (χ1v) is 8.63. The van der Waals surface area contributed by atoms with Crippen molar-refractivity contribution in [1.29, 1.82) is 0 Å². The molecule has 1 unspecified atom stereocenters. The van der Waals surface area contributed by atoms with Crippen molar-refractivity contribution < 1.29 is 9.18 Å². The third-order valence-electron chi connectivity index (χ3n) is 4.53. The lowest BCUT2D eigenvalue weighted by Gasteiger charge is -2.26. The Labute approximate surface area is 148 Å². The van der Waals surface area contributed by atoms with Crippen LogP contribution >= 0.6 is 0 Å². The number of nitrogens with one attached hydrogen (secondary N) is 1. The molecule has 1 heterocycles. The summed E-state index contributed by atoms with van der Waals surface area (Å²) in [6, 6.07) is 16.6. The van der Waals surface area contributed by atoms with Gasteiger partial charge in [0.05, 0.1) is 6.04 Å². The second-order valence-electron chi connectivity index (χ2n) is 6.45. The molecule has 0 saturated carbocycles. The summed E-state index contributed by atoms with van der Waals surface area (Å²) in [5, 5.41) is 3.06. The molecule has 4 heteroatoms. The van der Waals surface area contributed by atoms with Gasteiger partial charge in [0.2, 0.25) is 5.91 Å². The predicted octanol–water partition coefficient (Wildman–Crippen LogP) is 3.84. The predicted molar refractivity (Wildman–Crippen MR) is 97.4 cm³/mol. The van der Waals surface area contributed by atoms with Gasteiger partial charge in [-0.3, -0.25) is 9.69 Å². The van der Waals surface area contributed by atoms with Gasteiger partial charge in [-0.05, 0) is 36.6 Å². The molecule has 0 bridgehead atoms. The van der Waals surface area contributed by atoms with E-state index in [1.165, 1.54) is 6.07 Å². The topological polar surface area (TPSA) is 32.3 Å². The Hall–Kier alpha value is -2.46. The van der Waals surface area contributed by atoms with E-state index in [1.807, 2.05) is 49.4 Å². The molecule has 1 N–H and O–H groups in total. The first-order chi connectivity index (χ1) is 12.1. The largest absolute Gasteiger partial charge is 0.346 e. The van der Waals surface area contributed by atoms with Crippen LogP contribution in [-0.2, 0) is 11.3 Å². The number of rotatable bonds is 5. The zero-order chi connectivity index (χ0) is 17.6. The number of amides is 1. The number of nitrogens with zero attached hydrogens (tertiary/aromatic N) is 1. The Morgan fingerprint density at radius 3 is 2.68 bits per heavy atom. The van der Waals surface area contributed by atoms with Crippen molar-refractivity contribution >= 4 is 5.91 Å². The van der Waals surface area contributed by atoms with Gasteiger partial charge in [0.25, 0.3) is 0 Å². The molecule has 0 fully saturated rings. The maximum atomic E-state index is 13.3. The average Bonchev–Trinajstić information content (AvgIpc) is 2.63. The van der Waals surface area contributed by atoms with Crippen molar-refractivity contribution in [1.82, 2.24) is 10.2 Å². The smallest absolute Gasteiger partial charge is 0.247 e. The van der Waals surface area contributed by atoms with Gasteiger partial charge >= 0.3 is 0 Å². The molecule has 0 aromatic heterocycles. The zero-order valence-corrected chi connectivity index (χ0v) is 14.4. The molecule has 0 aliphatic carbocycles. The maximum absolute atomic E-state index is 13.3. The number of hydrogen-bond donors (Lipinski definition) is 1. The molecule has 1 aliphatic rings. The minimum Gasteiger partial charge on any atom is -0.346 e. The molecule has 130 valence electrons. The minimum atomic E-state index is -0.208. The van der Waals surface area contributed by atoms with E-state index in [-0.39, 0.29) is 17.8 Å². The van der Waals surface area contributed by atoms with E-state index in [4.69, 9.17) is 0 Å². The quantitative estimate of drug-likeness (QED) is 0.898. The van der Waals surface area contributed by atoms with Crippen LogP contribution in [-0.4, -0.2) is 23.9 Å². The standard InChI is InChI=1S/C21H23FN2O/c1-16(18-7-3-2-4-8-18)23-21(25)19-10-12-24(13-11-19)15-17-6-5-9-20(22)14-17/h2-10,14,16H,11-13,15H2,1H3,(H,23,25). The highest BCUT2D eigenvalue weighted by molar-refractivity contribution is 5.93. The summed E-state index contributed by atoms with van der Waals surface area (Å²) in [7, 11) is 0. The third-order valence-corrected chi connectivity index (χ3v) is 4.53. The lowest BCUT2D eigenvalue weighted by Crippen LogP contribution is -2.34. The number of hydrogen-bond acceptors (Lipinski definition) is 2.